The number of carbonyl (C=O) groups is 1. The smallest absolute Gasteiger partial charge is 0.310 e. The highest BCUT2D eigenvalue weighted by Gasteiger charge is 2.71. The van der Waals surface area contributed by atoms with Crippen LogP contribution in [0.4, 0.5) is 0 Å². The number of carboxylic acid groups (broad SMARTS) is 1. The van der Waals surface area contributed by atoms with Crippen LogP contribution in [0.5, 0.6) is 0 Å². The number of fused-ring (bicyclic) bond motifs is 7. The van der Waals surface area contributed by atoms with Gasteiger partial charge in [-0.15, -0.1) is 0 Å². The second-order valence-electron chi connectivity index (χ2n) is 14.3. The van der Waals surface area contributed by atoms with Crippen LogP contribution < -0.4 is 0 Å². The lowest BCUT2D eigenvalue weighted by Gasteiger charge is -2.69. The summed E-state index contributed by atoms with van der Waals surface area (Å²) in [6, 6.07) is 0. The zero-order valence-electron chi connectivity index (χ0n) is 22.4. The van der Waals surface area contributed by atoms with E-state index in [-0.39, 0.29) is 40.1 Å². The molecule has 0 radical (unpaired) electrons. The van der Waals surface area contributed by atoms with E-state index in [9.17, 15) is 20.1 Å². The fourth-order valence-corrected chi connectivity index (χ4v) is 10.6. The Morgan fingerprint density at radius 3 is 2.29 bits per heavy atom. The lowest BCUT2D eigenvalue weighted by Crippen LogP contribution is -2.66. The maximum absolute atomic E-state index is 12.8. The second-order valence-corrected chi connectivity index (χ2v) is 14.3. The fraction of sp³-hybridized carbons (Fsp3) is 0.833. The third-order valence-electron chi connectivity index (χ3n) is 12.9. The molecule has 4 nitrogen and oxygen atoms in total. The molecule has 9 atom stereocenters. The molecule has 0 saturated heterocycles. The molecule has 5 aliphatic rings. The number of aliphatic hydroxyl groups excluding tert-OH is 1. The van der Waals surface area contributed by atoms with Crippen LogP contribution in [-0.4, -0.2) is 33.5 Å². The molecule has 3 fully saturated rings. The van der Waals surface area contributed by atoms with Gasteiger partial charge >= 0.3 is 5.97 Å². The minimum absolute atomic E-state index is 0.00155. The van der Waals surface area contributed by atoms with E-state index in [0.717, 1.165) is 32.1 Å². The molecule has 0 aromatic rings. The van der Waals surface area contributed by atoms with Gasteiger partial charge in [0.2, 0.25) is 0 Å². The molecule has 5 aliphatic carbocycles. The first-order chi connectivity index (χ1) is 15.6. The first-order valence-corrected chi connectivity index (χ1v) is 13.6. The molecule has 0 heterocycles. The normalized spacial score (nSPS) is 53.6. The van der Waals surface area contributed by atoms with Gasteiger partial charge in [0, 0.05) is 5.92 Å². The fourth-order valence-electron chi connectivity index (χ4n) is 10.6. The van der Waals surface area contributed by atoms with Gasteiger partial charge in [0.25, 0.3) is 0 Å². The van der Waals surface area contributed by atoms with Crippen molar-refractivity contribution in [2.75, 3.05) is 6.61 Å². The molecule has 0 aromatic heterocycles. The minimum Gasteiger partial charge on any atom is -0.481 e. The largest absolute Gasteiger partial charge is 0.481 e. The Hall–Kier alpha value is -1.13. The Labute approximate surface area is 205 Å². The summed E-state index contributed by atoms with van der Waals surface area (Å²) in [6.07, 6.45) is 10.8. The topological polar surface area (TPSA) is 77.8 Å². The molecule has 0 spiro atoms. The Morgan fingerprint density at radius 2 is 1.68 bits per heavy atom. The monoisotopic (exact) mass is 470 g/mol. The zero-order valence-corrected chi connectivity index (χ0v) is 22.4. The summed E-state index contributed by atoms with van der Waals surface area (Å²) in [5, 5.41) is 32.9. The Kier molecular flexibility index (Phi) is 5.06. The quantitative estimate of drug-likeness (QED) is 0.434. The van der Waals surface area contributed by atoms with E-state index in [1.807, 2.05) is 6.92 Å². The van der Waals surface area contributed by atoms with Crippen LogP contribution in [0.25, 0.3) is 0 Å². The van der Waals surface area contributed by atoms with Crippen molar-refractivity contribution in [3.8, 4) is 0 Å². The average molecular weight is 471 g/mol. The summed E-state index contributed by atoms with van der Waals surface area (Å²) in [7, 11) is 0. The molecule has 5 rings (SSSR count). The Morgan fingerprint density at radius 1 is 1.00 bits per heavy atom. The molecule has 3 saturated carbocycles. The maximum Gasteiger partial charge on any atom is 0.310 e. The summed E-state index contributed by atoms with van der Waals surface area (Å²) in [5.41, 5.74) is 0.405. The van der Waals surface area contributed by atoms with E-state index >= 15 is 0 Å². The van der Waals surface area contributed by atoms with Crippen molar-refractivity contribution in [3.05, 3.63) is 23.3 Å². The first-order valence-electron chi connectivity index (χ1n) is 13.6. The van der Waals surface area contributed by atoms with Crippen LogP contribution in [0.2, 0.25) is 0 Å². The van der Waals surface area contributed by atoms with Gasteiger partial charge in [-0.05, 0) is 96.9 Å². The molecule has 3 unspecified atom stereocenters. The average Bonchev–Trinajstić information content (AvgIpc) is 2.96. The van der Waals surface area contributed by atoms with Crippen molar-refractivity contribution in [1.82, 2.24) is 0 Å². The Bertz CT molecular complexity index is 974. The maximum atomic E-state index is 12.8. The predicted octanol–water partition coefficient (Wildman–Crippen LogP) is 5.98. The van der Waals surface area contributed by atoms with E-state index in [0.29, 0.717) is 24.7 Å². The second kappa shape index (κ2) is 7.00. The SMILES string of the molecule is C[C@@H]1CC[C@]2(C(=O)O)CC[C@]3(C)C(=CCC4[C@@]5(C)C(CO)=CC(C)(C)C5CC[C@]43C)C2[C@]1(C)O. The predicted molar refractivity (Wildman–Crippen MR) is 134 cm³/mol. The summed E-state index contributed by atoms with van der Waals surface area (Å²) in [5.74, 6) is -0.0735. The number of carboxylic acids is 1. The number of allylic oxidation sites excluding steroid dienone is 2. The van der Waals surface area contributed by atoms with Crippen molar-refractivity contribution in [2.45, 2.75) is 99.0 Å². The van der Waals surface area contributed by atoms with Gasteiger partial charge in [-0.3, -0.25) is 4.79 Å². The van der Waals surface area contributed by atoms with Gasteiger partial charge in [-0.1, -0.05) is 59.3 Å². The van der Waals surface area contributed by atoms with Crippen LogP contribution in [-0.2, 0) is 4.79 Å². The van der Waals surface area contributed by atoms with Gasteiger partial charge in [-0.25, -0.2) is 0 Å². The molecule has 0 bridgehead atoms. The molecular formula is C30H46O4. The van der Waals surface area contributed by atoms with Crippen LogP contribution in [0.1, 0.15) is 93.4 Å². The van der Waals surface area contributed by atoms with E-state index < -0.39 is 17.0 Å². The van der Waals surface area contributed by atoms with Crippen LogP contribution in [0.3, 0.4) is 0 Å². The number of aliphatic hydroxyl groups is 2. The molecule has 190 valence electrons. The van der Waals surface area contributed by atoms with Crippen molar-refractivity contribution < 1.29 is 20.1 Å². The zero-order chi connectivity index (χ0) is 25.1. The van der Waals surface area contributed by atoms with E-state index in [1.54, 1.807) is 0 Å². The highest BCUT2D eigenvalue weighted by Crippen LogP contribution is 2.76. The lowest BCUT2D eigenvalue weighted by molar-refractivity contribution is -0.197. The van der Waals surface area contributed by atoms with Crippen molar-refractivity contribution in [2.24, 2.45) is 50.7 Å². The molecule has 3 N–H and O–H groups in total. The van der Waals surface area contributed by atoms with E-state index in [4.69, 9.17) is 0 Å². The standard InChI is InChI=1S/C30H46O4/c1-18-10-13-30(24(32)33)15-14-26(4)20(23(30)29(18,7)34)8-9-22-27(26,5)12-11-21-25(2,3)16-19(17-31)28(21,22)6/h8,16,18,21-23,31,34H,9-15,17H2,1-7H3,(H,32,33)/t18-,21?,22?,23?,26-,27-,28+,29-,30+/m1/s1. The van der Waals surface area contributed by atoms with Crippen LogP contribution in [0.15, 0.2) is 23.3 Å². The number of aliphatic carboxylic acids is 1. The number of hydrogen-bond donors (Lipinski definition) is 3. The van der Waals surface area contributed by atoms with Crippen molar-refractivity contribution >= 4 is 5.97 Å². The van der Waals surface area contributed by atoms with E-state index in [1.165, 1.54) is 11.1 Å². The molecule has 4 heteroatoms. The molecule has 0 aliphatic heterocycles. The third kappa shape index (κ3) is 2.60. The summed E-state index contributed by atoms with van der Waals surface area (Å²) in [6.45, 7) is 16.0. The van der Waals surface area contributed by atoms with Gasteiger partial charge in [0.15, 0.2) is 0 Å². The highest BCUT2D eigenvalue weighted by molar-refractivity contribution is 5.77. The molecule has 0 aromatic carbocycles. The summed E-state index contributed by atoms with van der Waals surface area (Å²) in [4.78, 5) is 12.8. The summed E-state index contributed by atoms with van der Waals surface area (Å²) >= 11 is 0. The molecule has 34 heavy (non-hydrogen) atoms. The first kappa shape index (κ1) is 24.6. The van der Waals surface area contributed by atoms with Gasteiger partial charge in [-0.2, -0.15) is 0 Å². The lowest BCUT2D eigenvalue weighted by atomic mass is 9.34. The van der Waals surface area contributed by atoms with Crippen LogP contribution >= 0.6 is 0 Å². The number of hydrogen-bond acceptors (Lipinski definition) is 3. The minimum atomic E-state index is -1.03. The Balaban J connectivity index is 1.68. The van der Waals surface area contributed by atoms with Crippen molar-refractivity contribution in [1.29, 1.82) is 0 Å². The van der Waals surface area contributed by atoms with E-state index in [2.05, 4.69) is 53.7 Å². The number of rotatable bonds is 2. The summed E-state index contributed by atoms with van der Waals surface area (Å²) < 4.78 is 0. The molecular weight excluding hydrogens is 424 g/mol. The highest BCUT2D eigenvalue weighted by atomic mass is 16.4. The van der Waals surface area contributed by atoms with Gasteiger partial charge < -0.3 is 15.3 Å². The van der Waals surface area contributed by atoms with Gasteiger partial charge in [0.05, 0.1) is 17.6 Å². The van der Waals surface area contributed by atoms with Crippen LogP contribution in [0, 0.1) is 50.7 Å². The van der Waals surface area contributed by atoms with Gasteiger partial charge in [0.1, 0.15) is 0 Å². The third-order valence-corrected chi connectivity index (χ3v) is 12.9. The van der Waals surface area contributed by atoms with Crippen molar-refractivity contribution in [3.63, 3.8) is 0 Å². The molecule has 0 amide bonds.